The first-order valence-electron chi connectivity index (χ1n) is 6.59. The molecule has 2 aromatic rings. The zero-order valence-electron chi connectivity index (χ0n) is 12.8. The summed E-state index contributed by atoms with van der Waals surface area (Å²) in [7, 11) is 2.27. The van der Waals surface area contributed by atoms with E-state index in [1.54, 1.807) is 18.3 Å². The maximum absolute atomic E-state index is 12.3. The fraction of sp³-hybridized carbons (Fsp3) is 0.200. The molecule has 0 unspecified atom stereocenters. The number of rotatable bonds is 4. The fourth-order valence-corrected chi connectivity index (χ4v) is 1.85. The number of carbonyl (C=O) groups excluding carboxylic acids is 2. The molecule has 0 aliphatic heterocycles. The largest absolute Gasteiger partial charge is 0.465 e. The van der Waals surface area contributed by atoms with Crippen LogP contribution in [0.25, 0.3) is 5.65 Å². The quantitative estimate of drug-likeness (QED) is 0.382. The van der Waals surface area contributed by atoms with Crippen LogP contribution in [0, 0.1) is 6.92 Å². The highest BCUT2D eigenvalue weighted by Crippen LogP contribution is 2.06. The van der Waals surface area contributed by atoms with Gasteiger partial charge in [-0.1, -0.05) is 0 Å². The van der Waals surface area contributed by atoms with Crippen LogP contribution >= 0.6 is 0 Å². The first-order chi connectivity index (χ1) is 11.0. The van der Waals surface area contributed by atoms with Crippen LogP contribution in [0.3, 0.4) is 0 Å². The second kappa shape index (κ2) is 6.73. The van der Waals surface area contributed by atoms with Crippen LogP contribution in [-0.4, -0.2) is 35.5 Å². The topological polar surface area (TPSA) is 99.0 Å². The van der Waals surface area contributed by atoms with Crippen LogP contribution < -0.4 is 10.9 Å². The summed E-state index contributed by atoms with van der Waals surface area (Å²) in [5.74, 6) is -1.76. The number of hydrogen-bond acceptors (Lipinski definition) is 7. The van der Waals surface area contributed by atoms with Crippen LogP contribution in [0.15, 0.2) is 41.1 Å². The lowest BCUT2D eigenvalue weighted by Crippen LogP contribution is -2.20. The molecule has 2 rings (SSSR count). The molecule has 2 aromatic heterocycles. The van der Waals surface area contributed by atoms with Gasteiger partial charge in [0.15, 0.2) is 5.57 Å². The van der Waals surface area contributed by atoms with E-state index in [9.17, 15) is 14.4 Å². The normalized spacial score (nSPS) is 10.0. The second-order valence-electron chi connectivity index (χ2n) is 4.59. The highest BCUT2D eigenvalue weighted by molar-refractivity contribution is 6.14. The van der Waals surface area contributed by atoms with Crippen molar-refractivity contribution in [2.24, 2.45) is 0 Å². The molecular weight excluding hydrogens is 302 g/mol. The number of hydrogen-bond donors (Lipinski definition) is 1. The Bertz CT molecular complexity index is 836. The van der Waals surface area contributed by atoms with Crippen molar-refractivity contribution < 1.29 is 19.1 Å². The average molecular weight is 317 g/mol. The molecule has 0 aliphatic rings. The number of nitrogens with one attached hydrogen (secondary N) is 1. The van der Waals surface area contributed by atoms with Crippen molar-refractivity contribution in [3.63, 3.8) is 0 Å². The molecule has 0 saturated heterocycles. The van der Waals surface area contributed by atoms with Gasteiger partial charge in [-0.25, -0.2) is 14.6 Å². The number of fused-ring (bicyclic) bond motifs is 1. The predicted molar refractivity (Wildman–Crippen MR) is 81.9 cm³/mol. The van der Waals surface area contributed by atoms with Crippen molar-refractivity contribution in [3.05, 3.63) is 52.2 Å². The lowest BCUT2D eigenvalue weighted by atomic mass is 10.3. The zero-order chi connectivity index (χ0) is 17.0. The van der Waals surface area contributed by atoms with Crippen LogP contribution in [-0.2, 0) is 19.1 Å². The third-order valence-corrected chi connectivity index (χ3v) is 3.05. The van der Waals surface area contributed by atoms with E-state index < -0.39 is 11.9 Å². The number of aryl methyl sites for hydroxylation is 1. The number of esters is 2. The van der Waals surface area contributed by atoms with Gasteiger partial charge in [0.1, 0.15) is 11.3 Å². The first kappa shape index (κ1) is 16.2. The standard InChI is InChI=1S/C15H15N3O5/c1-9-4-5-18-12(6-9)17-8-11(13(18)19)16-7-10(14(20)22-2)15(21)23-3/h4-8,16H,1-3H3. The van der Waals surface area contributed by atoms with Gasteiger partial charge >= 0.3 is 11.9 Å². The van der Waals surface area contributed by atoms with E-state index in [0.29, 0.717) is 5.65 Å². The lowest BCUT2D eigenvalue weighted by molar-refractivity contribution is -0.144. The number of nitrogens with zero attached hydrogens (tertiary/aromatic N) is 2. The maximum atomic E-state index is 12.3. The summed E-state index contributed by atoms with van der Waals surface area (Å²) in [4.78, 5) is 39.6. The minimum Gasteiger partial charge on any atom is -0.465 e. The predicted octanol–water partition coefficient (Wildman–Crippen LogP) is 0.645. The monoisotopic (exact) mass is 317 g/mol. The molecule has 0 spiro atoms. The maximum Gasteiger partial charge on any atom is 0.346 e. The molecule has 0 saturated carbocycles. The lowest BCUT2D eigenvalue weighted by Gasteiger charge is -2.06. The number of methoxy groups -OCH3 is 2. The smallest absolute Gasteiger partial charge is 0.346 e. The van der Waals surface area contributed by atoms with Gasteiger partial charge in [-0.05, 0) is 24.6 Å². The van der Waals surface area contributed by atoms with Gasteiger partial charge in [0.25, 0.3) is 5.56 Å². The van der Waals surface area contributed by atoms with Crippen molar-refractivity contribution in [1.82, 2.24) is 9.38 Å². The molecule has 0 radical (unpaired) electrons. The molecule has 0 bridgehead atoms. The van der Waals surface area contributed by atoms with Gasteiger partial charge in [0.2, 0.25) is 0 Å². The molecule has 0 amide bonds. The molecule has 1 N–H and O–H groups in total. The summed E-state index contributed by atoms with van der Waals surface area (Å²) in [6.45, 7) is 1.89. The van der Waals surface area contributed by atoms with Crippen LogP contribution in [0.2, 0.25) is 0 Å². The van der Waals surface area contributed by atoms with Crippen molar-refractivity contribution >= 4 is 23.3 Å². The minimum absolute atomic E-state index is 0.0941. The summed E-state index contributed by atoms with van der Waals surface area (Å²) in [6.07, 6.45) is 3.97. The second-order valence-corrected chi connectivity index (χ2v) is 4.59. The van der Waals surface area contributed by atoms with E-state index in [0.717, 1.165) is 26.0 Å². The Morgan fingerprint density at radius 2 is 1.91 bits per heavy atom. The summed E-state index contributed by atoms with van der Waals surface area (Å²) in [5, 5.41) is 2.59. The molecule has 23 heavy (non-hydrogen) atoms. The number of aromatic nitrogens is 2. The van der Waals surface area contributed by atoms with Crippen molar-refractivity contribution in [2.45, 2.75) is 6.92 Å². The Morgan fingerprint density at radius 1 is 1.26 bits per heavy atom. The van der Waals surface area contributed by atoms with E-state index in [4.69, 9.17) is 0 Å². The number of ether oxygens (including phenoxy) is 2. The average Bonchev–Trinajstić information content (AvgIpc) is 2.56. The number of carbonyl (C=O) groups is 2. The highest BCUT2D eigenvalue weighted by Gasteiger charge is 2.19. The number of pyridine rings is 1. The Kier molecular flexibility index (Phi) is 4.75. The molecule has 120 valence electrons. The van der Waals surface area contributed by atoms with Crippen molar-refractivity contribution in [1.29, 1.82) is 0 Å². The van der Waals surface area contributed by atoms with Crippen LogP contribution in [0.5, 0.6) is 0 Å². The Balaban J connectivity index is 2.41. The molecule has 0 aliphatic carbocycles. The Morgan fingerprint density at radius 3 is 2.52 bits per heavy atom. The van der Waals surface area contributed by atoms with Gasteiger partial charge in [0, 0.05) is 12.4 Å². The van der Waals surface area contributed by atoms with Gasteiger partial charge in [0.05, 0.1) is 20.4 Å². The number of anilines is 1. The molecular formula is C15H15N3O5. The zero-order valence-corrected chi connectivity index (χ0v) is 12.8. The molecule has 8 nitrogen and oxygen atoms in total. The summed E-state index contributed by atoms with van der Waals surface area (Å²) in [5.41, 5.74) is 0.808. The molecule has 0 fully saturated rings. The SMILES string of the molecule is COC(=O)C(=CNc1cnc2cc(C)ccn2c1=O)C(=O)OC. The van der Waals surface area contributed by atoms with Crippen molar-refractivity contribution in [3.8, 4) is 0 Å². The van der Waals surface area contributed by atoms with E-state index in [1.807, 2.05) is 6.92 Å². The van der Waals surface area contributed by atoms with Crippen LogP contribution in [0.1, 0.15) is 5.56 Å². The van der Waals surface area contributed by atoms with Crippen LogP contribution in [0.4, 0.5) is 5.69 Å². The third kappa shape index (κ3) is 3.37. The van der Waals surface area contributed by atoms with Gasteiger partial charge in [-0.2, -0.15) is 0 Å². The summed E-state index contributed by atoms with van der Waals surface area (Å²) in [6, 6.07) is 3.53. The fourth-order valence-electron chi connectivity index (χ4n) is 1.85. The van der Waals surface area contributed by atoms with E-state index in [-0.39, 0.29) is 16.8 Å². The Hall–Kier alpha value is -3.16. The third-order valence-electron chi connectivity index (χ3n) is 3.05. The van der Waals surface area contributed by atoms with Crippen molar-refractivity contribution in [2.75, 3.05) is 19.5 Å². The van der Waals surface area contributed by atoms with Gasteiger partial charge in [-0.15, -0.1) is 0 Å². The molecule has 0 atom stereocenters. The molecule has 2 heterocycles. The van der Waals surface area contributed by atoms with Gasteiger partial charge in [-0.3, -0.25) is 9.20 Å². The Labute approximate surface area is 131 Å². The van der Waals surface area contributed by atoms with E-state index in [2.05, 4.69) is 19.8 Å². The van der Waals surface area contributed by atoms with E-state index >= 15 is 0 Å². The molecule has 8 heteroatoms. The highest BCUT2D eigenvalue weighted by atomic mass is 16.5. The first-order valence-corrected chi connectivity index (χ1v) is 6.59. The van der Waals surface area contributed by atoms with Gasteiger partial charge < -0.3 is 14.8 Å². The summed E-state index contributed by atoms with van der Waals surface area (Å²) < 4.78 is 10.3. The molecule has 0 aromatic carbocycles. The minimum atomic E-state index is -0.881. The van der Waals surface area contributed by atoms with E-state index in [1.165, 1.54) is 10.6 Å². The summed E-state index contributed by atoms with van der Waals surface area (Å²) >= 11 is 0.